The van der Waals surface area contributed by atoms with Gasteiger partial charge in [-0.15, -0.1) is 11.3 Å². The molecule has 0 aliphatic carbocycles. The second-order valence-electron chi connectivity index (χ2n) is 7.52. The molecule has 0 spiro atoms. The molecule has 0 bridgehead atoms. The third-order valence-electron chi connectivity index (χ3n) is 5.83. The molecule has 0 aromatic carbocycles. The highest BCUT2D eigenvalue weighted by Crippen LogP contribution is 2.52. The van der Waals surface area contributed by atoms with E-state index in [1.54, 1.807) is 6.92 Å². The molecule has 0 radical (unpaired) electrons. The highest BCUT2D eigenvalue weighted by Gasteiger charge is 2.60. The van der Waals surface area contributed by atoms with Crippen molar-refractivity contribution in [2.45, 2.75) is 42.7 Å². The van der Waals surface area contributed by atoms with E-state index in [2.05, 4.69) is 0 Å². The van der Waals surface area contributed by atoms with Crippen LogP contribution in [-0.2, 0) is 9.59 Å². The van der Waals surface area contributed by atoms with Crippen LogP contribution in [0.15, 0.2) is 20.3 Å². The number of β-lactam (4-membered cyclic amide) rings is 1. The number of nitrogens with zero attached hydrogens (tertiary/aromatic N) is 3. The lowest BCUT2D eigenvalue weighted by atomic mass is 9.79. The Morgan fingerprint density at radius 1 is 1.54 bits per heavy atom. The monoisotopic (exact) mass is 422 g/mol. The van der Waals surface area contributed by atoms with Crippen molar-refractivity contribution in [2.75, 3.05) is 13.1 Å². The summed E-state index contributed by atoms with van der Waals surface area (Å²) in [5, 5.41) is 29.0. The van der Waals surface area contributed by atoms with Crippen LogP contribution < -0.4 is 0 Å². The van der Waals surface area contributed by atoms with Crippen molar-refractivity contribution in [3.63, 3.8) is 0 Å². The number of amides is 1. The molecule has 1 aromatic heterocycles. The van der Waals surface area contributed by atoms with Crippen LogP contribution in [0.5, 0.6) is 0 Å². The van der Waals surface area contributed by atoms with E-state index in [0.29, 0.717) is 4.91 Å². The van der Waals surface area contributed by atoms with Gasteiger partial charge >= 0.3 is 5.97 Å². The average Bonchev–Trinajstić information content (AvgIpc) is 3.33. The average molecular weight is 423 g/mol. The maximum absolute atomic E-state index is 12.4. The van der Waals surface area contributed by atoms with Crippen LogP contribution in [0.1, 0.15) is 31.9 Å². The van der Waals surface area contributed by atoms with E-state index >= 15 is 0 Å². The van der Waals surface area contributed by atoms with E-state index in [4.69, 9.17) is 10.4 Å². The fourth-order valence-electron chi connectivity index (χ4n) is 4.40. The molecule has 5 atom stereocenters. The number of hydrogen-bond acceptors (Lipinski definition) is 7. The van der Waals surface area contributed by atoms with E-state index in [1.807, 2.05) is 17.2 Å². The number of thioether (sulfide) groups is 1. The number of fused-ring (bicyclic) bond motifs is 1. The first-order chi connectivity index (χ1) is 13.3. The molecule has 2 fully saturated rings. The molecule has 1 amide bonds. The molecule has 1 aromatic rings. The van der Waals surface area contributed by atoms with Gasteiger partial charge in [0.25, 0.3) is 0 Å². The summed E-state index contributed by atoms with van der Waals surface area (Å²) in [6.07, 6.45) is 1.50. The minimum atomic E-state index is -1.12. The summed E-state index contributed by atoms with van der Waals surface area (Å²) < 4.78 is 0.757. The number of carboxylic acids is 1. The minimum Gasteiger partial charge on any atom is -0.477 e. The quantitative estimate of drug-likeness (QED) is 0.363. The predicted octanol–water partition coefficient (Wildman–Crippen LogP) is 1.79. The number of carbonyl (C=O) groups excluding carboxylic acids is 1. The molecule has 10 heteroatoms. The van der Waals surface area contributed by atoms with E-state index in [-0.39, 0.29) is 29.5 Å². The number of carboxylic acid groups (broad SMARTS) is 1. The third-order valence-corrected chi connectivity index (χ3v) is 8.07. The van der Waals surface area contributed by atoms with Crippen molar-refractivity contribution in [2.24, 2.45) is 11.8 Å². The molecule has 4 rings (SSSR count). The van der Waals surface area contributed by atoms with E-state index < -0.39 is 18.0 Å². The first-order valence-electron chi connectivity index (χ1n) is 9.20. The number of nitrogens with one attached hydrogen (secondary N) is 1. The molecule has 8 nitrogen and oxygen atoms in total. The van der Waals surface area contributed by atoms with Crippen molar-refractivity contribution in [3.8, 4) is 0 Å². The molecule has 2 saturated heterocycles. The van der Waals surface area contributed by atoms with Gasteiger partial charge in [-0.3, -0.25) is 10.2 Å². The van der Waals surface area contributed by atoms with Gasteiger partial charge in [-0.25, -0.2) is 9.78 Å². The van der Waals surface area contributed by atoms with Crippen LogP contribution in [0.3, 0.4) is 0 Å². The Kier molecular flexibility index (Phi) is 4.96. The minimum absolute atomic E-state index is 0.0250. The summed E-state index contributed by atoms with van der Waals surface area (Å²) in [5.74, 6) is -1.89. The zero-order valence-electron chi connectivity index (χ0n) is 15.5. The second kappa shape index (κ2) is 7.16. The van der Waals surface area contributed by atoms with Crippen LogP contribution in [0.25, 0.3) is 0 Å². The maximum atomic E-state index is 12.4. The highest BCUT2D eigenvalue weighted by atomic mass is 32.2. The molecular formula is C18H22N4O4S2. The molecule has 0 saturated carbocycles. The Hall–Kier alpha value is -1.91. The lowest BCUT2D eigenvalue weighted by molar-refractivity contribution is -0.163. The van der Waals surface area contributed by atoms with Gasteiger partial charge in [-0.05, 0) is 13.3 Å². The Morgan fingerprint density at radius 3 is 2.89 bits per heavy atom. The zero-order valence-corrected chi connectivity index (χ0v) is 17.2. The largest absolute Gasteiger partial charge is 0.477 e. The molecule has 3 N–H and O–H groups in total. The van der Waals surface area contributed by atoms with Crippen LogP contribution in [0, 0.1) is 17.2 Å². The second-order valence-corrected chi connectivity index (χ2v) is 9.67. The summed E-state index contributed by atoms with van der Waals surface area (Å²) in [5.41, 5.74) is 0.998. The molecule has 3 aliphatic heterocycles. The van der Waals surface area contributed by atoms with Crippen LogP contribution >= 0.6 is 23.1 Å². The fourth-order valence-corrected chi connectivity index (χ4v) is 6.58. The number of likely N-dealkylation sites (tertiary alicyclic amines) is 1. The van der Waals surface area contributed by atoms with Gasteiger partial charge in [0.1, 0.15) is 5.70 Å². The van der Waals surface area contributed by atoms with Gasteiger partial charge in [-0.2, -0.15) is 0 Å². The third kappa shape index (κ3) is 2.94. The molecule has 0 unspecified atom stereocenters. The van der Waals surface area contributed by atoms with Crippen LogP contribution in [0.4, 0.5) is 0 Å². The van der Waals surface area contributed by atoms with Crippen molar-refractivity contribution < 1.29 is 19.8 Å². The number of aliphatic hydroxyl groups excluding tert-OH is 1. The topological polar surface area (TPSA) is 118 Å². The van der Waals surface area contributed by atoms with Gasteiger partial charge < -0.3 is 20.0 Å². The smallest absolute Gasteiger partial charge is 0.353 e. The van der Waals surface area contributed by atoms with E-state index in [9.17, 15) is 19.8 Å². The zero-order chi connectivity index (χ0) is 20.2. The highest BCUT2D eigenvalue weighted by molar-refractivity contribution is 8.04. The van der Waals surface area contributed by atoms with Crippen molar-refractivity contribution in [1.29, 1.82) is 5.41 Å². The van der Waals surface area contributed by atoms with Gasteiger partial charge in [0, 0.05) is 35.2 Å². The normalized spacial score (nSPS) is 30.5. The standard InChI is InChI=1S/C18H22N4O4S2/c1-8-13-12(9(2)23)16(24)22(13)14(17(25)26)15(8)28-18-20-11(6-27-18)10-3-4-21(5-10)7-19/h6-10,12-13,19,23H,3-5H2,1-2H3,(H,25,26)/t8-,9-,10-,12-,13-/m1/s1. The number of rotatable bonds is 6. The Bertz CT molecular complexity index is 868. The first-order valence-corrected chi connectivity index (χ1v) is 10.9. The fraction of sp³-hybridized carbons (Fsp3) is 0.556. The summed E-state index contributed by atoms with van der Waals surface area (Å²) in [6.45, 7) is 5.10. The van der Waals surface area contributed by atoms with Crippen molar-refractivity contribution in [1.82, 2.24) is 14.8 Å². The predicted molar refractivity (Wildman–Crippen MR) is 105 cm³/mol. The Morgan fingerprint density at radius 2 is 2.29 bits per heavy atom. The molecule has 28 heavy (non-hydrogen) atoms. The van der Waals surface area contributed by atoms with Crippen LogP contribution in [0.2, 0.25) is 0 Å². The van der Waals surface area contributed by atoms with E-state index in [1.165, 1.54) is 34.3 Å². The number of aliphatic hydroxyl groups is 1. The van der Waals surface area contributed by atoms with Gasteiger partial charge in [0.05, 0.1) is 30.1 Å². The summed E-state index contributed by atoms with van der Waals surface area (Å²) in [7, 11) is 0. The van der Waals surface area contributed by atoms with Gasteiger partial charge in [0.2, 0.25) is 5.91 Å². The number of aliphatic carboxylic acids is 1. The number of thiazole rings is 1. The van der Waals surface area contributed by atoms with E-state index in [0.717, 1.165) is 29.5 Å². The molecular weight excluding hydrogens is 400 g/mol. The first kappa shape index (κ1) is 19.4. The summed E-state index contributed by atoms with van der Waals surface area (Å²) in [4.78, 5) is 32.9. The number of hydrogen-bond donors (Lipinski definition) is 3. The lowest BCUT2D eigenvalue weighted by Crippen LogP contribution is -2.63. The SMILES string of the molecule is C[C@@H](O)[C@H]1C(=O)N2C(C(=O)O)=C(Sc3nc([C@@H]4CCN(C=N)C4)cs3)[C@H](C)[C@H]12. The number of carbonyl (C=O) groups is 2. The number of aromatic nitrogens is 1. The molecule has 3 aliphatic rings. The Labute approximate surface area is 170 Å². The molecule has 150 valence electrons. The molecule has 4 heterocycles. The van der Waals surface area contributed by atoms with Gasteiger partial charge in [0.15, 0.2) is 4.34 Å². The van der Waals surface area contributed by atoms with Gasteiger partial charge in [-0.1, -0.05) is 18.7 Å². The maximum Gasteiger partial charge on any atom is 0.353 e. The van der Waals surface area contributed by atoms with Crippen molar-refractivity contribution in [3.05, 3.63) is 21.7 Å². The van der Waals surface area contributed by atoms with Crippen molar-refractivity contribution >= 4 is 41.3 Å². The Balaban J connectivity index is 1.57. The van der Waals surface area contributed by atoms with Crippen LogP contribution in [-0.4, -0.2) is 68.4 Å². The summed E-state index contributed by atoms with van der Waals surface area (Å²) in [6, 6.07) is -0.309. The lowest BCUT2D eigenvalue weighted by Gasteiger charge is -2.46. The summed E-state index contributed by atoms with van der Waals surface area (Å²) >= 11 is 2.79.